The van der Waals surface area contributed by atoms with E-state index in [2.05, 4.69) is 56.3 Å². The number of amides is 1. The number of aromatic amines is 1. The summed E-state index contributed by atoms with van der Waals surface area (Å²) in [7, 11) is 0. The molecule has 2 heterocycles. The quantitative estimate of drug-likeness (QED) is 0.401. The van der Waals surface area contributed by atoms with Gasteiger partial charge in [0.15, 0.2) is 0 Å². The Bertz CT molecular complexity index is 1360. The van der Waals surface area contributed by atoms with Crippen LogP contribution in [0.2, 0.25) is 0 Å². The number of hydrogen-bond acceptors (Lipinski definition) is 6. The highest BCUT2D eigenvalue weighted by atomic mass is 16.5. The Kier molecular flexibility index (Phi) is 8.17. The van der Waals surface area contributed by atoms with Crippen LogP contribution in [0, 0.1) is 17.8 Å². The van der Waals surface area contributed by atoms with E-state index in [4.69, 9.17) is 4.74 Å². The van der Waals surface area contributed by atoms with Crippen LogP contribution in [0.5, 0.6) is 5.75 Å². The first kappa shape index (κ1) is 25.7. The molecule has 1 atom stereocenters. The molecule has 196 valence electrons. The van der Waals surface area contributed by atoms with Crippen molar-refractivity contribution in [2.75, 3.05) is 32.8 Å². The van der Waals surface area contributed by atoms with E-state index in [1.165, 1.54) is 11.9 Å². The van der Waals surface area contributed by atoms with Crippen molar-refractivity contribution in [1.82, 2.24) is 20.2 Å². The molecule has 1 saturated heterocycles. The van der Waals surface area contributed by atoms with E-state index in [0.29, 0.717) is 13.0 Å². The van der Waals surface area contributed by atoms with E-state index in [1.54, 1.807) is 0 Å². The van der Waals surface area contributed by atoms with E-state index in [9.17, 15) is 14.7 Å². The highest BCUT2D eigenvalue weighted by molar-refractivity contribution is 5.80. The largest absolute Gasteiger partial charge is 0.502 e. The summed E-state index contributed by atoms with van der Waals surface area (Å²) >= 11 is 0. The third-order valence-corrected chi connectivity index (χ3v) is 6.97. The third kappa shape index (κ3) is 6.88. The Hall–Kier alpha value is -3.93. The molecule has 1 aliphatic carbocycles. The van der Waals surface area contributed by atoms with Gasteiger partial charge in [0.2, 0.25) is 11.7 Å². The van der Waals surface area contributed by atoms with Crippen LogP contribution in [-0.2, 0) is 22.5 Å². The second-order valence-corrected chi connectivity index (χ2v) is 9.92. The highest BCUT2D eigenvalue weighted by Gasteiger charge is 2.30. The zero-order valence-corrected chi connectivity index (χ0v) is 21.3. The predicted octanol–water partition coefficient (Wildman–Crippen LogP) is 2.56. The topological polar surface area (TPSA) is 108 Å². The third-order valence-electron chi connectivity index (χ3n) is 6.97. The van der Waals surface area contributed by atoms with Crippen molar-refractivity contribution >= 4 is 5.91 Å². The summed E-state index contributed by atoms with van der Waals surface area (Å²) in [6.45, 7) is 4.75. The molecule has 3 aromatic rings. The number of aromatic nitrogens is 2. The van der Waals surface area contributed by atoms with Crippen molar-refractivity contribution in [3.05, 3.63) is 93.2 Å². The van der Waals surface area contributed by atoms with Gasteiger partial charge in [-0.3, -0.25) is 14.5 Å². The van der Waals surface area contributed by atoms with Crippen LogP contribution in [0.1, 0.15) is 46.7 Å². The van der Waals surface area contributed by atoms with Crippen LogP contribution in [-0.4, -0.2) is 58.7 Å². The second kappa shape index (κ2) is 12.1. The van der Waals surface area contributed by atoms with E-state index in [-0.39, 0.29) is 23.4 Å². The molecule has 1 aliphatic heterocycles. The average Bonchev–Trinajstić information content (AvgIpc) is 3.79. The molecule has 5 rings (SSSR count). The van der Waals surface area contributed by atoms with E-state index in [0.717, 1.165) is 62.4 Å². The number of H-pyrrole nitrogens is 1. The van der Waals surface area contributed by atoms with Crippen molar-refractivity contribution < 1.29 is 14.6 Å². The lowest BCUT2D eigenvalue weighted by atomic mass is 9.94. The number of rotatable bonds is 8. The zero-order chi connectivity index (χ0) is 26.3. The maximum absolute atomic E-state index is 12.2. The number of hydrogen-bond donors (Lipinski definition) is 3. The molecule has 2 fully saturated rings. The van der Waals surface area contributed by atoms with Crippen molar-refractivity contribution in [1.29, 1.82) is 0 Å². The molecule has 0 spiro atoms. The number of aromatic hydroxyl groups is 1. The second-order valence-electron chi connectivity index (χ2n) is 9.92. The number of carbonyl (C=O) groups excluding carboxylic acids is 1. The van der Waals surface area contributed by atoms with Crippen molar-refractivity contribution in [3.8, 4) is 17.6 Å². The molecule has 8 nitrogen and oxygen atoms in total. The van der Waals surface area contributed by atoms with Crippen LogP contribution < -0.4 is 10.9 Å². The van der Waals surface area contributed by atoms with Gasteiger partial charge in [0.1, 0.15) is 0 Å². The van der Waals surface area contributed by atoms with Gasteiger partial charge in [-0.15, -0.1) is 0 Å². The number of carbonyl (C=O) groups is 1. The lowest BCUT2D eigenvalue weighted by molar-refractivity contribution is -0.122. The molecular formula is C30H32N4O4. The Morgan fingerprint density at radius 2 is 1.68 bits per heavy atom. The Morgan fingerprint density at radius 3 is 2.32 bits per heavy atom. The summed E-state index contributed by atoms with van der Waals surface area (Å²) in [4.78, 5) is 33.1. The smallest absolute Gasteiger partial charge is 0.293 e. The normalized spacial score (nSPS) is 16.3. The lowest BCUT2D eigenvalue weighted by Crippen LogP contribution is -2.35. The summed E-state index contributed by atoms with van der Waals surface area (Å²) in [5, 5.41) is 13.3. The van der Waals surface area contributed by atoms with Gasteiger partial charge >= 0.3 is 0 Å². The van der Waals surface area contributed by atoms with Gasteiger partial charge in [-0.2, -0.15) is 0 Å². The number of nitrogens with zero attached hydrogens (tertiary/aromatic N) is 2. The molecule has 3 N–H and O–H groups in total. The highest BCUT2D eigenvalue weighted by Crippen LogP contribution is 2.29. The number of morpholine rings is 1. The van der Waals surface area contributed by atoms with Gasteiger partial charge in [-0.25, -0.2) is 4.98 Å². The number of nitrogens with one attached hydrogen (secondary N) is 2. The molecule has 0 bridgehead atoms. The molecule has 38 heavy (non-hydrogen) atoms. The molecule has 1 unspecified atom stereocenters. The molecule has 8 heteroatoms. The Labute approximate surface area is 222 Å². The molecule has 2 aromatic carbocycles. The summed E-state index contributed by atoms with van der Waals surface area (Å²) in [6, 6.07) is 16.2. The van der Waals surface area contributed by atoms with Crippen LogP contribution >= 0.6 is 0 Å². The monoisotopic (exact) mass is 512 g/mol. The van der Waals surface area contributed by atoms with Crippen molar-refractivity contribution in [3.63, 3.8) is 0 Å². The first-order chi connectivity index (χ1) is 18.5. The standard InChI is InChI=1S/C30H32N4O4/c35-28-27(32-20-33-30(28)37)26(18-31-29(36)25-11-12-25)17-23-7-3-21(4-8-23)1-2-22-5-9-24(10-6-22)19-34-13-15-38-16-14-34/h3-10,20,25-26,35H,11-19H2,(H,31,36)(H,32,33,37). The van der Waals surface area contributed by atoms with Crippen LogP contribution in [0.15, 0.2) is 59.7 Å². The number of benzene rings is 2. The van der Waals surface area contributed by atoms with Crippen molar-refractivity contribution in [2.24, 2.45) is 5.92 Å². The fraction of sp³-hybridized carbons (Fsp3) is 0.367. The fourth-order valence-electron chi connectivity index (χ4n) is 4.55. The molecule has 0 radical (unpaired) electrons. The minimum atomic E-state index is -0.590. The maximum atomic E-state index is 12.2. The number of ether oxygens (including phenoxy) is 1. The maximum Gasteiger partial charge on any atom is 0.293 e. The predicted molar refractivity (Wildman–Crippen MR) is 144 cm³/mol. The lowest BCUT2D eigenvalue weighted by Gasteiger charge is -2.26. The summed E-state index contributed by atoms with van der Waals surface area (Å²) in [5.74, 6) is 5.79. The van der Waals surface area contributed by atoms with E-state index in [1.807, 2.05) is 24.3 Å². The summed E-state index contributed by atoms with van der Waals surface area (Å²) in [5.41, 5.74) is 3.81. The van der Waals surface area contributed by atoms with Gasteiger partial charge < -0.3 is 20.1 Å². The Balaban J connectivity index is 1.23. The fourth-order valence-corrected chi connectivity index (χ4v) is 4.55. The van der Waals surface area contributed by atoms with Crippen molar-refractivity contribution in [2.45, 2.75) is 31.7 Å². The van der Waals surface area contributed by atoms with Gasteiger partial charge in [-0.1, -0.05) is 36.1 Å². The van der Waals surface area contributed by atoms with Gasteiger partial charge in [-0.05, 0) is 54.7 Å². The van der Waals surface area contributed by atoms with Crippen LogP contribution in [0.4, 0.5) is 0 Å². The van der Waals surface area contributed by atoms with Gasteiger partial charge in [0.25, 0.3) is 5.56 Å². The van der Waals surface area contributed by atoms with Crippen LogP contribution in [0.25, 0.3) is 0 Å². The first-order valence-electron chi connectivity index (χ1n) is 13.1. The molecule has 2 aliphatic rings. The molecule has 1 aromatic heterocycles. The van der Waals surface area contributed by atoms with E-state index >= 15 is 0 Å². The summed E-state index contributed by atoms with van der Waals surface area (Å²) in [6.07, 6.45) is 3.60. The SMILES string of the molecule is O=C(NCC(Cc1ccc(C#Cc2ccc(CN3CCOCC3)cc2)cc1)c1nc[nH]c(=O)c1O)C1CC1. The molecule has 1 amide bonds. The minimum Gasteiger partial charge on any atom is -0.502 e. The zero-order valence-electron chi connectivity index (χ0n) is 21.3. The van der Waals surface area contributed by atoms with Crippen LogP contribution in [0.3, 0.4) is 0 Å². The van der Waals surface area contributed by atoms with Gasteiger partial charge in [0.05, 0.1) is 25.2 Å². The van der Waals surface area contributed by atoms with E-state index < -0.39 is 11.3 Å². The van der Waals surface area contributed by atoms with Gasteiger partial charge in [0, 0.05) is 49.1 Å². The molecule has 1 saturated carbocycles. The Morgan fingerprint density at radius 1 is 1.05 bits per heavy atom. The minimum absolute atomic E-state index is 0.0130. The first-order valence-corrected chi connectivity index (χ1v) is 13.1. The summed E-state index contributed by atoms with van der Waals surface area (Å²) < 4.78 is 5.41. The average molecular weight is 513 g/mol. The molecular weight excluding hydrogens is 480 g/mol.